The van der Waals surface area contributed by atoms with Crippen LogP contribution in [0.15, 0.2) is 42.5 Å². The van der Waals surface area contributed by atoms with Gasteiger partial charge in [-0.25, -0.2) is 0 Å². The average molecular weight is 479 g/mol. The van der Waals surface area contributed by atoms with E-state index in [1.54, 1.807) is 56.3 Å². The number of carbonyl (C=O) groups excluding carboxylic acids is 4. The van der Waals surface area contributed by atoms with Crippen LogP contribution in [-0.2, 0) is 23.9 Å². The number of fused-ring (bicyclic) bond motifs is 2. The number of esters is 1. The molecule has 2 aromatic carbocycles. The van der Waals surface area contributed by atoms with E-state index in [1.807, 2.05) is 0 Å². The first-order valence-corrected chi connectivity index (χ1v) is 11.4. The molecule has 10 heteroatoms. The normalized spacial score (nSPS) is 20.2. The van der Waals surface area contributed by atoms with Crippen molar-refractivity contribution in [3.63, 3.8) is 0 Å². The molecule has 3 amide bonds. The Balaban J connectivity index is 1.25. The van der Waals surface area contributed by atoms with Gasteiger partial charge in [-0.15, -0.1) is 0 Å². The molecule has 0 aromatic heterocycles. The van der Waals surface area contributed by atoms with Gasteiger partial charge in [0, 0.05) is 24.7 Å². The van der Waals surface area contributed by atoms with Gasteiger partial charge >= 0.3 is 5.97 Å². The molecule has 10 nitrogen and oxygen atoms in total. The van der Waals surface area contributed by atoms with Gasteiger partial charge in [-0.3, -0.25) is 24.1 Å². The van der Waals surface area contributed by atoms with Gasteiger partial charge in [0.2, 0.25) is 11.8 Å². The molecular weight excluding hydrogens is 454 g/mol. The maximum Gasteiger partial charge on any atom is 0.311 e. The van der Waals surface area contributed by atoms with E-state index in [9.17, 15) is 19.2 Å². The van der Waals surface area contributed by atoms with Crippen molar-refractivity contribution in [3.05, 3.63) is 42.5 Å². The highest BCUT2D eigenvalue weighted by Crippen LogP contribution is 2.38. The summed E-state index contributed by atoms with van der Waals surface area (Å²) in [5.41, 5.74) is 0.464. The van der Waals surface area contributed by atoms with Crippen LogP contribution in [0.5, 0.6) is 11.5 Å². The van der Waals surface area contributed by atoms with Gasteiger partial charge < -0.3 is 24.4 Å². The van der Waals surface area contributed by atoms with Gasteiger partial charge in [-0.2, -0.15) is 0 Å². The first-order valence-electron chi connectivity index (χ1n) is 11.4. The van der Waals surface area contributed by atoms with E-state index in [4.69, 9.17) is 14.2 Å². The highest BCUT2D eigenvalue weighted by Gasteiger charge is 2.44. The number of ether oxygens (including phenoxy) is 3. The molecule has 0 unspecified atom stereocenters. The lowest BCUT2D eigenvalue weighted by atomic mass is 9.96. The van der Waals surface area contributed by atoms with E-state index >= 15 is 0 Å². The Hall–Kier alpha value is -4.08. The topological polar surface area (TPSA) is 114 Å². The van der Waals surface area contributed by atoms with Crippen molar-refractivity contribution in [3.8, 4) is 11.5 Å². The van der Waals surface area contributed by atoms with E-state index in [1.165, 1.54) is 9.80 Å². The van der Waals surface area contributed by atoms with Crippen LogP contribution in [0, 0.1) is 5.92 Å². The van der Waals surface area contributed by atoms with Gasteiger partial charge in [0.25, 0.3) is 5.91 Å². The second-order valence-electron chi connectivity index (χ2n) is 9.10. The summed E-state index contributed by atoms with van der Waals surface area (Å²) in [6.07, 6.45) is -0.0259. The van der Waals surface area contributed by atoms with Crippen molar-refractivity contribution >= 4 is 40.8 Å². The number of rotatable bonds is 4. The quantitative estimate of drug-likeness (QED) is 0.668. The fraction of sp³-hybridized carbons (Fsp3) is 0.360. The summed E-state index contributed by atoms with van der Waals surface area (Å²) in [6.45, 7) is 3.72. The molecule has 3 aliphatic heterocycles. The second kappa shape index (κ2) is 8.61. The molecule has 1 saturated heterocycles. The van der Waals surface area contributed by atoms with Crippen molar-refractivity contribution < 1.29 is 33.4 Å². The zero-order chi connectivity index (χ0) is 24.7. The van der Waals surface area contributed by atoms with Crippen molar-refractivity contribution in [2.24, 2.45) is 5.92 Å². The van der Waals surface area contributed by atoms with Crippen molar-refractivity contribution in [2.45, 2.75) is 25.8 Å². The van der Waals surface area contributed by atoms with Crippen LogP contribution in [0.3, 0.4) is 0 Å². The molecular formula is C25H25N3O7. The number of amides is 3. The van der Waals surface area contributed by atoms with Gasteiger partial charge in [-0.1, -0.05) is 12.1 Å². The number of benzene rings is 2. The van der Waals surface area contributed by atoms with Crippen LogP contribution in [0.25, 0.3) is 0 Å². The molecule has 3 heterocycles. The average Bonchev–Trinajstić information content (AvgIpc) is 3.24. The standard InChI is InChI=1S/C25H25N3O7/c1-25(2)24(32)26-17-5-3-4-6-18(17)28(25)22(30)14-35-23(31)15-11-21(29)27(13-15)16-7-8-19-20(12-16)34-10-9-33-19/h3-8,12,15H,9-11,13-14H2,1-2H3,(H,26,32)/t15-/m1/s1. The number of para-hydroxylation sites is 2. The second-order valence-corrected chi connectivity index (χ2v) is 9.10. The largest absolute Gasteiger partial charge is 0.486 e. The molecule has 1 fully saturated rings. The van der Waals surface area contributed by atoms with E-state index in [0.717, 1.165) is 0 Å². The van der Waals surface area contributed by atoms with Crippen LogP contribution >= 0.6 is 0 Å². The first kappa shape index (κ1) is 22.7. The summed E-state index contributed by atoms with van der Waals surface area (Å²) in [6, 6.07) is 12.1. The summed E-state index contributed by atoms with van der Waals surface area (Å²) < 4.78 is 16.4. The van der Waals surface area contributed by atoms with Crippen molar-refractivity contribution in [1.82, 2.24) is 0 Å². The third-order valence-corrected chi connectivity index (χ3v) is 6.39. The van der Waals surface area contributed by atoms with Crippen molar-refractivity contribution in [1.29, 1.82) is 0 Å². The summed E-state index contributed by atoms with van der Waals surface area (Å²) in [4.78, 5) is 53.9. The number of anilines is 3. The number of hydrogen-bond acceptors (Lipinski definition) is 7. The highest BCUT2D eigenvalue weighted by atomic mass is 16.6. The van der Waals surface area contributed by atoms with Gasteiger partial charge in [-0.05, 0) is 38.1 Å². The van der Waals surface area contributed by atoms with E-state index < -0.39 is 29.9 Å². The molecule has 35 heavy (non-hydrogen) atoms. The smallest absolute Gasteiger partial charge is 0.311 e. The Bertz CT molecular complexity index is 1230. The predicted octanol–water partition coefficient (Wildman–Crippen LogP) is 2.12. The summed E-state index contributed by atoms with van der Waals surface area (Å²) in [7, 11) is 0. The molecule has 182 valence electrons. The number of hydrogen-bond donors (Lipinski definition) is 1. The molecule has 0 aliphatic carbocycles. The summed E-state index contributed by atoms with van der Waals surface area (Å²) in [5, 5.41) is 2.79. The van der Waals surface area contributed by atoms with E-state index in [0.29, 0.717) is 41.8 Å². The van der Waals surface area contributed by atoms with E-state index in [-0.39, 0.29) is 24.8 Å². The Kier molecular flexibility index (Phi) is 5.58. The highest BCUT2D eigenvalue weighted by molar-refractivity contribution is 6.14. The molecule has 1 N–H and O–H groups in total. The predicted molar refractivity (Wildman–Crippen MR) is 125 cm³/mol. The van der Waals surface area contributed by atoms with Gasteiger partial charge in [0.15, 0.2) is 18.1 Å². The molecule has 0 spiro atoms. The minimum Gasteiger partial charge on any atom is -0.486 e. The lowest BCUT2D eigenvalue weighted by Gasteiger charge is -2.41. The van der Waals surface area contributed by atoms with Crippen LogP contribution in [0.2, 0.25) is 0 Å². The Morgan fingerprint density at radius 1 is 1.09 bits per heavy atom. The fourth-order valence-electron chi connectivity index (χ4n) is 4.53. The first-order chi connectivity index (χ1) is 16.8. The lowest BCUT2D eigenvalue weighted by Crippen LogP contribution is -2.59. The van der Waals surface area contributed by atoms with Crippen LogP contribution in [0.4, 0.5) is 17.1 Å². The number of carbonyl (C=O) groups is 4. The molecule has 1 atom stereocenters. The molecule has 2 aromatic rings. The monoisotopic (exact) mass is 479 g/mol. The maximum atomic E-state index is 13.1. The Labute approximate surface area is 201 Å². The Morgan fingerprint density at radius 2 is 1.83 bits per heavy atom. The number of nitrogens with one attached hydrogen (secondary N) is 1. The molecule has 0 radical (unpaired) electrons. The fourth-order valence-corrected chi connectivity index (χ4v) is 4.53. The van der Waals surface area contributed by atoms with Crippen molar-refractivity contribution in [2.75, 3.05) is 41.5 Å². The molecule has 0 saturated carbocycles. The zero-order valence-corrected chi connectivity index (χ0v) is 19.4. The minimum absolute atomic E-state index is 0.0259. The maximum absolute atomic E-state index is 13.1. The van der Waals surface area contributed by atoms with E-state index in [2.05, 4.69) is 5.32 Å². The number of nitrogens with zero attached hydrogens (tertiary/aromatic N) is 2. The third kappa shape index (κ3) is 4.05. The molecule has 0 bridgehead atoms. The lowest BCUT2D eigenvalue weighted by molar-refractivity contribution is -0.152. The molecule has 3 aliphatic rings. The zero-order valence-electron chi connectivity index (χ0n) is 19.4. The van der Waals surface area contributed by atoms with Gasteiger partial charge in [0.1, 0.15) is 18.8 Å². The SMILES string of the molecule is CC1(C)C(=O)Nc2ccccc2N1C(=O)COC(=O)[C@@H]1CC(=O)N(c2ccc3c(c2)OCCO3)C1. The Morgan fingerprint density at radius 3 is 2.63 bits per heavy atom. The van der Waals surface area contributed by atoms with Crippen LogP contribution in [-0.4, -0.2) is 55.6 Å². The van der Waals surface area contributed by atoms with Crippen LogP contribution in [0.1, 0.15) is 20.3 Å². The molecule has 5 rings (SSSR count). The van der Waals surface area contributed by atoms with Gasteiger partial charge in [0.05, 0.1) is 17.3 Å². The van der Waals surface area contributed by atoms with Crippen LogP contribution < -0.4 is 24.6 Å². The summed E-state index contributed by atoms with van der Waals surface area (Å²) >= 11 is 0. The summed E-state index contributed by atoms with van der Waals surface area (Å²) in [5.74, 6) is -1.29. The third-order valence-electron chi connectivity index (χ3n) is 6.39. The minimum atomic E-state index is -1.17.